The lowest BCUT2D eigenvalue weighted by molar-refractivity contribution is 0.104. The molecule has 39 heavy (non-hydrogen) atoms. The Morgan fingerprint density at radius 1 is 0.846 bits per heavy atom. The summed E-state index contributed by atoms with van der Waals surface area (Å²) in [6, 6.07) is 23.8. The summed E-state index contributed by atoms with van der Waals surface area (Å²) in [6.45, 7) is 5.75. The number of fused-ring (bicyclic) bond motifs is 2. The van der Waals surface area contributed by atoms with E-state index in [1.54, 1.807) is 0 Å². The topological polar surface area (TPSA) is 55.3 Å². The van der Waals surface area contributed by atoms with E-state index in [0.717, 1.165) is 37.1 Å². The molecule has 0 spiro atoms. The Kier molecular flexibility index (Phi) is 6.97. The van der Waals surface area contributed by atoms with E-state index >= 15 is 0 Å². The van der Waals surface area contributed by atoms with Gasteiger partial charge in [0.2, 0.25) is 0 Å². The Hall–Kier alpha value is -4.25. The number of amides is 1. The van der Waals surface area contributed by atoms with Crippen LogP contribution >= 0.6 is 0 Å². The molecule has 4 aromatic rings. The number of carbonyl (C=O) groups excluding carboxylic acids is 1. The SMILES string of the molecule is CCOC(=O)N1CCC(=C2c3ccc(-c4cccc(C)c4-c4ccccn4)cc3CCc3cccnc32)CC1. The molecule has 6 rings (SSSR count). The number of nitrogens with zero attached hydrogens (tertiary/aromatic N) is 3. The Balaban J connectivity index is 1.44. The molecule has 1 fully saturated rings. The van der Waals surface area contributed by atoms with Gasteiger partial charge in [-0.1, -0.05) is 54.1 Å². The lowest BCUT2D eigenvalue weighted by Gasteiger charge is -2.29. The number of aryl methyl sites for hydroxylation is 3. The summed E-state index contributed by atoms with van der Waals surface area (Å²) in [5, 5.41) is 0. The largest absolute Gasteiger partial charge is 0.450 e. The summed E-state index contributed by atoms with van der Waals surface area (Å²) in [7, 11) is 0. The molecule has 2 aliphatic rings. The predicted molar refractivity (Wildman–Crippen MR) is 155 cm³/mol. The third-order valence-electron chi connectivity index (χ3n) is 7.92. The Morgan fingerprint density at radius 2 is 1.67 bits per heavy atom. The van der Waals surface area contributed by atoms with E-state index in [0.29, 0.717) is 19.7 Å². The van der Waals surface area contributed by atoms with E-state index in [2.05, 4.69) is 60.4 Å². The van der Waals surface area contributed by atoms with Gasteiger partial charge < -0.3 is 9.64 Å². The van der Waals surface area contributed by atoms with Crippen molar-refractivity contribution < 1.29 is 9.53 Å². The first-order valence-corrected chi connectivity index (χ1v) is 13.9. The number of ether oxygens (including phenoxy) is 1. The van der Waals surface area contributed by atoms with Crippen molar-refractivity contribution in [2.75, 3.05) is 19.7 Å². The van der Waals surface area contributed by atoms with Crippen molar-refractivity contribution >= 4 is 11.7 Å². The third kappa shape index (κ3) is 4.85. The van der Waals surface area contributed by atoms with Crippen LogP contribution in [0.3, 0.4) is 0 Å². The fourth-order valence-corrected chi connectivity index (χ4v) is 6.02. The van der Waals surface area contributed by atoms with E-state index in [-0.39, 0.29) is 6.09 Å². The maximum Gasteiger partial charge on any atom is 0.409 e. The highest BCUT2D eigenvalue weighted by molar-refractivity contribution is 5.88. The molecule has 0 unspecified atom stereocenters. The molecule has 1 saturated heterocycles. The lowest BCUT2D eigenvalue weighted by Crippen LogP contribution is -2.37. The molecule has 0 radical (unpaired) electrons. The number of likely N-dealkylation sites (tertiary alicyclic amines) is 1. The summed E-state index contributed by atoms with van der Waals surface area (Å²) >= 11 is 0. The highest BCUT2D eigenvalue weighted by Gasteiger charge is 2.27. The summed E-state index contributed by atoms with van der Waals surface area (Å²) in [5.74, 6) is 0. The molecule has 3 heterocycles. The van der Waals surface area contributed by atoms with Gasteiger partial charge in [-0.25, -0.2) is 4.79 Å². The smallest absolute Gasteiger partial charge is 0.409 e. The van der Waals surface area contributed by atoms with Gasteiger partial charge in [-0.3, -0.25) is 9.97 Å². The first-order valence-electron chi connectivity index (χ1n) is 13.9. The monoisotopic (exact) mass is 515 g/mol. The molecule has 0 N–H and O–H groups in total. The molecule has 0 bridgehead atoms. The van der Waals surface area contributed by atoms with Gasteiger partial charge in [-0.05, 0) is 91.1 Å². The van der Waals surface area contributed by atoms with Crippen LogP contribution in [0.2, 0.25) is 0 Å². The van der Waals surface area contributed by atoms with Gasteiger partial charge in [0.05, 0.1) is 18.0 Å². The number of benzene rings is 2. The zero-order valence-electron chi connectivity index (χ0n) is 22.6. The van der Waals surface area contributed by atoms with Crippen molar-refractivity contribution in [2.45, 2.75) is 39.5 Å². The van der Waals surface area contributed by atoms with Crippen molar-refractivity contribution in [2.24, 2.45) is 0 Å². The molecule has 2 aromatic carbocycles. The molecule has 1 aliphatic carbocycles. The molecule has 1 aliphatic heterocycles. The van der Waals surface area contributed by atoms with Crippen LogP contribution in [0, 0.1) is 6.92 Å². The fraction of sp³-hybridized carbons (Fsp3) is 0.265. The van der Waals surface area contributed by atoms with Crippen molar-refractivity contribution in [3.05, 3.63) is 113 Å². The summed E-state index contributed by atoms with van der Waals surface area (Å²) in [5.41, 5.74) is 13.4. The second kappa shape index (κ2) is 10.9. The first-order chi connectivity index (χ1) is 19.1. The number of hydrogen-bond donors (Lipinski definition) is 0. The zero-order valence-corrected chi connectivity index (χ0v) is 22.6. The standard InChI is InChI=1S/C34H33N3O2/c1-3-39-34(38)37-20-16-24(17-21-37)32-29-15-14-27(22-26(29)13-12-25-9-7-19-36-33(25)32)28-10-6-8-23(2)31(28)30-11-4-5-18-35-30/h4-11,14-15,18-19,22H,3,12-13,16-17,20-21H2,1-2H3. The zero-order chi connectivity index (χ0) is 26.8. The van der Waals surface area contributed by atoms with Crippen molar-refractivity contribution in [3.63, 3.8) is 0 Å². The minimum atomic E-state index is -0.215. The molecule has 1 amide bonds. The second-order valence-corrected chi connectivity index (χ2v) is 10.3. The van der Waals surface area contributed by atoms with Crippen LogP contribution in [-0.4, -0.2) is 40.7 Å². The lowest BCUT2D eigenvalue weighted by atomic mass is 9.86. The maximum atomic E-state index is 12.3. The number of carbonyl (C=O) groups is 1. The average Bonchev–Trinajstić information content (AvgIpc) is 3.14. The van der Waals surface area contributed by atoms with Gasteiger partial charge in [-0.15, -0.1) is 0 Å². The molecule has 0 saturated carbocycles. The predicted octanol–water partition coefficient (Wildman–Crippen LogP) is 7.27. The van der Waals surface area contributed by atoms with E-state index < -0.39 is 0 Å². The molecule has 0 atom stereocenters. The number of pyridine rings is 2. The molecular weight excluding hydrogens is 482 g/mol. The minimum absolute atomic E-state index is 0.215. The van der Waals surface area contributed by atoms with Crippen LogP contribution in [0.1, 0.15) is 47.7 Å². The number of aromatic nitrogens is 2. The minimum Gasteiger partial charge on any atom is -0.450 e. The Morgan fingerprint density at radius 3 is 2.46 bits per heavy atom. The molecular formula is C34H33N3O2. The highest BCUT2D eigenvalue weighted by atomic mass is 16.6. The second-order valence-electron chi connectivity index (χ2n) is 10.3. The van der Waals surface area contributed by atoms with Crippen LogP contribution in [-0.2, 0) is 17.6 Å². The van der Waals surface area contributed by atoms with E-state index in [9.17, 15) is 4.79 Å². The summed E-state index contributed by atoms with van der Waals surface area (Å²) in [4.78, 5) is 23.7. The van der Waals surface area contributed by atoms with Gasteiger partial charge >= 0.3 is 6.09 Å². The van der Waals surface area contributed by atoms with E-state index in [4.69, 9.17) is 9.72 Å². The number of piperidine rings is 1. The van der Waals surface area contributed by atoms with Gasteiger partial charge in [0, 0.05) is 36.6 Å². The van der Waals surface area contributed by atoms with Gasteiger partial charge in [0.15, 0.2) is 0 Å². The normalized spacial score (nSPS) is 14.9. The van der Waals surface area contributed by atoms with E-state index in [1.807, 2.05) is 42.4 Å². The fourth-order valence-electron chi connectivity index (χ4n) is 6.02. The summed E-state index contributed by atoms with van der Waals surface area (Å²) in [6.07, 6.45) is 7.11. The van der Waals surface area contributed by atoms with Crippen LogP contribution in [0.5, 0.6) is 0 Å². The highest BCUT2D eigenvalue weighted by Crippen LogP contribution is 2.41. The van der Waals surface area contributed by atoms with Gasteiger partial charge in [0.25, 0.3) is 0 Å². The Labute approximate surface area is 230 Å². The van der Waals surface area contributed by atoms with Gasteiger partial charge in [-0.2, -0.15) is 0 Å². The number of rotatable bonds is 3. The molecule has 196 valence electrons. The third-order valence-corrected chi connectivity index (χ3v) is 7.92. The quantitative estimate of drug-likeness (QED) is 0.288. The summed E-state index contributed by atoms with van der Waals surface area (Å²) < 4.78 is 5.25. The van der Waals surface area contributed by atoms with Gasteiger partial charge in [0.1, 0.15) is 0 Å². The average molecular weight is 516 g/mol. The van der Waals surface area contributed by atoms with Crippen molar-refractivity contribution in [3.8, 4) is 22.4 Å². The maximum absolute atomic E-state index is 12.3. The van der Waals surface area contributed by atoms with E-state index in [1.165, 1.54) is 50.1 Å². The van der Waals surface area contributed by atoms with Crippen LogP contribution in [0.15, 0.2) is 84.7 Å². The van der Waals surface area contributed by atoms with Crippen LogP contribution in [0.25, 0.3) is 28.0 Å². The molecule has 2 aromatic heterocycles. The van der Waals surface area contributed by atoms with Crippen LogP contribution in [0.4, 0.5) is 4.79 Å². The van der Waals surface area contributed by atoms with Crippen molar-refractivity contribution in [1.82, 2.24) is 14.9 Å². The van der Waals surface area contributed by atoms with Crippen LogP contribution < -0.4 is 0 Å². The molecule has 5 heteroatoms. The Bertz CT molecular complexity index is 1550. The van der Waals surface area contributed by atoms with Crippen molar-refractivity contribution in [1.29, 1.82) is 0 Å². The molecule has 5 nitrogen and oxygen atoms in total. The first kappa shape index (κ1) is 25.1. The number of hydrogen-bond acceptors (Lipinski definition) is 4.